The molecule has 28 heavy (non-hydrogen) atoms. The van der Waals surface area contributed by atoms with Crippen molar-refractivity contribution >= 4 is 21.6 Å². The molecule has 6 nitrogen and oxygen atoms in total. The molecule has 1 aliphatic rings. The van der Waals surface area contributed by atoms with Crippen LogP contribution in [0.15, 0.2) is 47.4 Å². The number of benzene rings is 2. The Bertz CT molecular complexity index is 895. The van der Waals surface area contributed by atoms with Crippen molar-refractivity contribution in [3.8, 4) is 11.5 Å². The minimum absolute atomic E-state index is 0.0977. The molecule has 0 atom stereocenters. The average molecular weight is 425 g/mol. The zero-order valence-corrected chi connectivity index (χ0v) is 17.6. The Morgan fingerprint density at radius 2 is 1.82 bits per heavy atom. The van der Waals surface area contributed by atoms with Gasteiger partial charge in [-0.05, 0) is 55.8 Å². The van der Waals surface area contributed by atoms with Crippen LogP contribution in [-0.4, -0.2) is 46.7 Å². The van der Waals surface area contributed by atoms with Gasteiger partial charge in [-0.2, -0.15) is 0 Å². The van der Waals surface area contributed by atoms with E-state index in [0.29, 0.717) is 5.75 Å². The molecule has 1 saturated heterocycles. The van der Waals surface area contributed by atoms with Crippen LogP contribution in [0.25, 0.3) is 0 Å². The van der Waals surface area contributed by atoms with E-state index in [9.17, 15) is 8.42 Å². The number of piperidine rings is 1. The number of halogens is 1. The van der Waals surface area contributed by atoms with Crippen LogP contribution in [0.5, 0.6) is 11.5 Å². The van der Waals surface area contributed by atoms with Crippen molar-refractivity contribution in [3.05, 3.63) is 53.1 Å². The molecule has 0 aromatic heterocycles. The van der Waals surface area contributed by atoms with E-state index in [-0.39, 0.29) is 22.6 Å². The van der Waals surface area contributed by atoms with Crippen LogP contribution in [-0.2, 0) is 16.6 Å². The minimum Gasteiger partial charge on any atom is -0.495 e. The summed E-state index contributed by atoms with van der Waals surface area (Å²) in [6.07, 6.45) is 2.27. The predicted octanol–water partition coefficient (Wildman–Crippen LogP) is 3.30. The van der Waals surface area contributed by atoms with Crippen molar-refractivity contribution in [2.45, 2.75) is 30.4 Å². The molecular weight excluding hydrogens is 400 g/mol. The maximum Gasteiger partial charge on any atom is 0.240 e. The third kappa shape index (κ3) is 5.38. The number of hydrogen-bond acceptors (Lipinski definition) is 5. The highest BCUT2D eigenvalue weighted by atomic mass is 35.5. The van der Waals surface area contributed by atoms with Gasteiger partial charge in [0.05, 0.1) is 17.0 Å². The first-order chi connectivity index (χ1) is 13.4. The molecular formula is C20H25ClN2O4S. The molecule has 0 unspecified atom stereocenters. The van der Waals surface area contributed by atoms with Gasteiger partial charge in [-0.15, -0.1) is 0 Å². The number of hydrogen-bond donors (Lipinski definition) is 1. The normalized spacial score (nSPS) is 16.1. The summed E-state index contributed by atoms with van der Waals surface area (Å²) in [7, 11) is -0.0730. The molecule has 0 radical (unpaired) electrons. The monoisotopic (exact) mass is 424 g/mol. The van der Waals surface area contributed by atoms with Crippen LogP contribution in [0.3, 0.4) is 0 Å². The second-order valence-electron chi connectivity index (χ2n) is 6.89. The number of nitrogens with zero attached hydrogens (tertiary/aromatic N) is 1. The summed E-state index contributed by atoms with van der Waals surface area (Å²) in [6.45, 7) is 2.26. The smallest absolute Gasteiger partial charge is 0.240 e. The lowest BCUT2D eigenvalue weighted by Gasteiger charge is -2.29. The highest BCUT2D eigenvalue weighted by molar-refractivity contribution is 7.89. The van der Waals surface area contributed by atoms with Crippen LogP contribution in [0.4, 0.5) is 0 Å². The average Bonchev–Trinajstić information content (AvgIpc) is 2.69. The minimum atomic E-state index is -3.67. The molecule has 1 N–H and O–H groups in total. The molecule has 0 saturated carbocycles. The van der Waals surface area contributed by atoms with E-state index in [1.807, 2.05) is 24.3 Å². The molecule has 0 bridgehead atoms. The first-order valence-electron chi connectivity index (χ1n) is 9.15. The standard InChI is InChI=1S/C20H25ClN2O4S/c1-23-11-9-17(10-12-23)27-16-5-3-15(4-6-16)14-22-28(24,25)18-7-8-20(26-2)19(21)13-18/h3-8,13,17,22H,9-12,14H2,1-2H3. The highest BCUT2D eigenvalue weighted by Gasteiger charge is 2.18. The largest absolute Gasteiger partial charge is 0.495 e. The van der Waals surface area contributed by atoms with Gasteiger partial charge in [0.1, 0.15) is 17.6 Å². The van der Waals surface area contributed by atoms with Gasteiger partial charge in [0.15, 0.2) is 0 Å². The van der Waals surface area contributed by atoms with E-state index >= 15 is 0 Å². The van der Waals surface area contributed by atoms with Gasteiger partial charge in [0, 0.05) is 19.6 Å². The van der Waals surface area contributed by atoms with Crippen LogP contribution in [0, 0.1) is 0 Å². The Morgan fingerprint density at radius 3 is 2.43 bits per heavy atom. The molecule has 1 aliphatic heterocycles. The molecule has 152 valence electrons. The molecule has 0 aliphatic carbocycles. The fourth-order valence-corrected chi connectivity index (χ4v) is 4.42. The van der Waals surface area contributed by atoms with Crippen molar-refractivity contribution in [2.75, 3.05) is 27.2 Å². The number of ether oxygens (including phenoxy) is 2. The Labute approximate surface area is 171 Å². The van der Waals surface area contributed by atoms with Gasteiger partial charge >= 0.3 is 0 Å². The van der Waals surface area contributed by atoms with Crippen molar-refractivity contribution in [2.24, 2.45) is 0 Å². The van der Waals surface area contributed by atoms with Gasteiger partial charge in [-0.1, -0.05) is 23.7 Å². The summed E-state index contributed by atoms with van der Waals surface area (Å²) in [4.78, 5) is 2.39. The molecule has 1 fully saturated rings. The van der Waals surface area contributed by atoms with Gasteiger partial charge in [0.2, 0.25) is 10.0 Å². The number of nitrogens with one attached hydrogen (secondary N) is 1. The number of rotatable bonds is 7. The first-order valence-corrected chi connectivity index (χ1v) is 11.0. The third-order valence-corrected chi connectivity index (χ3v) is 6.49. The summed E-state index contributed by atoms with van der Waals surface area (Å²) < 4.78 is 38.6. The molecule has 3 rings (SSSR count). The summed E-state index contributed by atoms with van der Waals surface area (Å²) in [5.41, 5.74) is 0.846. The fraction of sp³-hybridized carbons (Fsp3) is 0.400. The van der Waals surface area contributed by atoms with Crippen molar-refractivity contribution in [1.29, 1.82) is 0 Å². The lowest BCUT2D eigenvalue weighted by atomic mass is 10.1. The van der Waals surface area contributed by atoms with E-state index in [0.717, 1.165) is 37.2 Å². The maximum absolute atomic E-state index is 12.5. The molecule has 0 spiro atoms. The van der Waals surface area contributed by atoms with Crippen LogP contribution in [0.2, 0.25) is 5.02 Å². The zero-order chi connectivity index (χ0) is 20.1. The third-order valence-electron chi connectivity index (χ3n) is 4.79. The number of sulfonamides is 1. The first kappa shape index (κ1) is 20.9. The quantitative estimate of drug-likeness (QED) is 0.738. The number of methoxy groups -OCH3 is 1. The second kappa shape index (κ2) is 9.13. The summed E-state index contributed by atoms with van der Waals surface area (Å²) in [5.74, 6) is 1.24. The predicted molar refractivity (Wildman–Crippen MR) is 110 cm³/mol. The Balaban J connectivity index is 1.57. The molecule has 2 aromatic carbocycles. The maximum atomic E-state index is 12.5. The van der Waals surface area contributed by atoms with E-state index in [1.54, 1.807) is 0 Å². The van der Waals surface area contributed by atoms with Crippen LogP contribution < -0.4 is 14.2 Å². The fourth-order valence-electron chi connectivity index (χ4n) is 3.06. The molecule has 1 heterocycles. The van der Waals surface area contributed by atoms with E-state index in [2.05, 4.69) is 16.7 Å². The Morgan fingerprint density at radius 1 is 1.14 bits per heavy atom. The summed E-state index contributed by atoms with van der Waals surface area (Å²) >= 11 is 6.02. The SMILES string of the molecule is COc1ccc(S(=O)(=O)NCc2ccc(OC3CCN(C)CC3)cc2)cc1Cl. The van der Waals surface area contributed by atoms with Crippen molar-refractivity contribution < 1.29 is 17.9 Å². The van der Waals surface area contributed by atoms with E-state index < -0.39 is 10.0 Å². The summed E-state index contributed by atoms with van der Waals surface area (Å²) in [5, 5.41) is 0.251. The number of likely N-dealkylation sites (tertiary alicyclic amines) is 1. The Kier molecular flexibility index (Phi) is 6.82. The van der Waals surface area contributed by atoms with E-state index in [1.165, 1.54) is 25.3 Å². The lowest BCUT2D eigenvalue weighted by molar-refractivity contribution is 0.114. The topological polar surface area (TPSA) is 67.9 Å². The molecule has 2 aromatic rings. The zero-order valence-electron chi connectivity index (χ0n) is 16.0. The van der Waals surface area contributed by atoms with Gasteiger partial charge in [0.25, 0.3) is 0 Å². The van der Waals surface area contributed by atoms with Gasteiger partial charge < -0.3 is 14.4 Å². The lowest BCUT2D eigenvalue weighted by Crippen LogP contribution is -2.35. The van der Waals surface area contributed by atoms with Crippen molar-refractivity contribution in [1.82, 2.24) is 9.62 Å². The van der Waals surface area contributed by atoms with Gasteiger partial charge in [-0.3, -0.25) is 0 Å². The van der Waals surface area contributed by atoms with Crippen molar-refractivity contribution in [3.63, 3.8) is 0 Å². The molecule has 8 heteroatoms. The van der Waals surface area contributed by atoms with Crippen LogP contribution in [0.1, 0.15) is 18.4 Å². The van der Waals surface area contributed by atoms with Gasteiger partial charge in [-0.25, -0.2) is 13.1 Å². The van der Waals surface area contributed by atoms with E-state index in [4.69, 9.17) is 21.1 Å². The highest BCUT2D eigenvalue weighted by Crippen LogP contribution is 2.27. The Hall–Kier alpha value is -1.80. The van der Waals surface area contributed by atoms with Crippen LogP contribution >= 0.6 is 11.6 Å². The second-order valence-corrected chi connectivity index (χ2v) is 9.06. The summed E-state index contributed by atoms with van der Waals surface area (Å²) in [6, 6.07) is 11.9. The molecule has 0 amide bonds.